The molecule has 0 radical (unpaired) electrons. The van der Waals surface area contributed by atoms with Crippen molar-refractivity contribution in [2.24, 2.45) is 0 Å². The highest BCUT2D eigenvalue weighted by Crippen LogP contribution is 2.44. The van der Waals surface area contributed by atoms with E-state index < -0.39 is 17.7 Å². The number of carbonyl (C=O) groups excluding carboxylic acids is 2. The van der Waals surface area contributed by atoms with E-state index in [1.165, 1.54) is 12.0 Å². The number of nitrogens with zero attached hydrogens (tertiary/aromatic N) is 2. The van der Waals surface area contributed by atoms with Crippen LogP contribution in [0.1, 0.15) is 22.7 Å². The molecule has 1 aliphatic heterocycles. The average Bonchev–Trinajstić information content (AvgIpc) is 3.09. The zero-order valence-electron chi connectivity index (χ0n) is 19.1. The number of para-hydroxylation sites is 2. The lowest BCUT2D eigenvalue weighted by Gasteiger charge is -2.27. The maximum absolute atomic E-state index is 13.3. The van der Waals surface area contributed by atoms with Gasteiger partial charge in [-0.1, -0.05) is 42.5 Å². The van der Waals surface area contributed by atoms with Crippen LogP contribution in [0.4, 0.5) is 11.4 Å². The van der Waals surface area contributed by atoms with Crippen LogP contribution >= 0.6 is 0 Å². The number of aryl methyl sites for hydroxylation is 1. The number of rotatable bonds is 5. The molecule has 0 aliphatic carbocycles. The molecule has 6 nitrogen and oxygen atoms in total. The smallest absolute Gasteiger partial charge is 0.300 e. The Bertz CT molecular complexity index is 1240. The zero-order valence-corrected chi connectivity index (χ0v) is 19.1. The molecule has 33 heavy (non-hydrogen) atoms. The lowest BCUT2D eigenvalue weighted by molar-refractivity contribution is -0.132. The molecule has 0 saturated carbocycles. The van der Waals surface area contributed by atoms with Gasteiger partial charge < -0.3 is 14.7 Å². The van der Waals surface area contributed by atoms with Crippen molar-refractivity contribution in [1.29, 1.82) is 0 Å². The molecular formula is C27H26N2O4. The quantitative estimate of drug-likeness (QED) is 0.353. The van der Waals surface area contributed by atoms with Crippen LogP contribution in [-0.4, -0.2) is 38.0 Å². The number of aliphatic hydroxyl groups is 1. The van der Waals surface area contributed by atoms with E-state index in [4.69, 9.17) is 4.74 Å². The molecule has 0 bridgehead atoms. The summed E-state index contributed by atoms with van der Waals surface area (Å²) >= 11 is 0. The summed E-state index contributed by atoms with van der Waals surface area (Å²) in [5, 5.41) is 11.3. The Balaban J connectivity index is 1.97. The summed E-state index contributed by atoms with van der Waals surface area (Å²) in [5.74, 6) is -1.26. The lowest BCUT2D eigenvalue weighted by atomic mass is 9.94. The van der Waals surface area contributed by atoms with Gasteiger partial charge in [0.25, 0.3) is 11.7 Å². The van der Waals surface area contributed by atoms with Crippen LogP contribution in [0.5, 0.6) is 5.75 Å². The number of Topliss-reactive ketones (excluding diaryl/α,β-unsaturated/α-hetero) is 1. The summed E-state index contributed by atoms with van der Waals surface area (Å²) in [4.78, 5) is 30.1. The monoisotopic (exact) mass is 442 g/mol. The highest BCUT2D eigenvalue weighted by atomic mass is 16.5. The SMILES string of the molecule is COc1ccccc1/C(O)=C1/C(=O)C(=O)N(c2ccccc2C)C1c1ccc(N(C)C)cc1. The minimum Gasteiger partial charge on any atom is -0.507 e. The molecule has 1 amide bonds. The molecule has 1 saturated heterocycles. The van der Waals surface area contributed by atoms with Crippen LogP contribution in [0.15, 0.2) is 78.4 Å². The molecule has 1 atom stereocenters. The van der Waals surface area contributed by atoms with E-state index in [0.29, 0.717) is 17.0 Å². The number of carbonyl (C=O) groups is 2. The minimum absolute atomic E-state index is 0.0327. The van der Waals surface area contributed by atoms with Crippen LogP contribution in [0.2, 0.25) is 0 Å². The van der Waals surface area contributed by atoms with Gasteiger partial charge in [0.2, 0.25) is 0 Å². The third-order valence-corrected chi connectivity index (χ3v) is 5.91. The Morgan fingerprint density at radius 3 is 2.21 bits per heavy atom. The fraction of sp³-hybridized carbons (Fsp3) is 0.185. The third-order valence-electron chi connectivity index (χ3n) is 5.91. The van der Waals surface area contributed by atoms with Crippen molar-refractivity contribution in [2.75, 3.05) is 31.0 Å². The van der Waals surface area contributed by atoms with Gasteiger partial charge >= 0.3 is 0 Å². The number of amides is 1. The van der Waals surface area contributed by atoms with Gasteiger partial charge in [-0.2, -0.15) is 0 Å². The lowest BCUT2D eigenvalue weighted by Crippen LogP contribution is -2.30. The molecule has 3 aromatic rings. The molecule has 168 valence electrons. The number of anilines is 2. The van der Waals surface area contributed by atoms with Gasteiger partial charge in [-0.3, -0.25) is 14.5 Å². The van der Waals surface area contributed by atoms with E-state index in [0.717, 1.165) is 16.8 Å². The Labute approximate surface area is 193 Å². The van der Waals surface area contributed by atoms with Crippen LogP contribution in [-0.2, 0) is 9.59 Å². The predicted octanol–water partition coefficient (Wildman–Crippen LogP) is 4.70. The van der Waals surface area contributed by atoms with Gasteiger partial charge in [-0.05, 0) is 48.4 Å². The number of hydrogen-bond donors (Lipinski definition) is 1. The van der Waals surface area contributed by atoms with Crippen molar-refractivity contribution < 1.29 is 19.4 Å². The highest BCUT2D eigenvalue weighted by molar-refractivity contribution is 6.51. The van der Waals surface area contributed by atoms with Gasteiger partial charge in [0, 0.05) is 25.5 Å². The summed E-state index contributed by atoms with van der Waals surface area (Å²) in [6.07, 6.45) is 0. The van der Waals surface area contributed by atoms with E-state index in [-0.39, 0.29) is 11.3 Å². The predicted molar refractivity (Wildman–Crippen MR) is 130 cm³/mol. The van der Waals surface area contributed by atoms with E-state index in [1.807, 2.05) is 74.4 Å². The summed E-state index contributed by atoms with van der Waals surface area (Å²) in [6.45, 7) is 1.89. The second-order valence-corrected chi connectivity index (χ2v) is 8.14. The first-order chi connectivity index (χ1) is 15.8. The molecule has 1 N–H and O–H groups in total. The first-order valence-electron chi connectivity index (χ1n) is 10.6. The van der Waals surface area contributed by atoms with Crippen LogP contribution in [0.25, 0.3) is 5.76 Å². The number of methoxy groups -OCH3 is 1. The summed E-state index contributed by atoms with van der Waals surface area (Å²) in [6, 6.07) is 21.1. The maximum atomic E-state index is 13.3. The van der Waals surface area contributed by atoms with Gasteiger partial charge in [-0.25, -0.2) is 0 Å². The Morgan fingerprint density at radius 2 is 1.58 bits per heavy atom. The molecule has 0 spiro atoms. The van der Waals surface area contributed by atoms with E-state index in [1.54, 1.807) is 24.3 Å². The van der Waals surface area contributed by atoms with Crippen molar-refractivity contribution >= 4 is 28.8 Å². The van der Waals surface area contributed by atoms with Gasteiger partial charge in [-0.15, -0.1) is 0 Å². The van der Waals surface area contributed by atoms with Crippen LogP contribution in [0.3, 0.4) is 0 Å². The second kappa shape index (κ2) is 8.82. The normalized spacial score (nSPS) is 17.3. The van der Waals surface area contributed by atoms with Crippen molar-refractivity contribution in [3.8, 4) is 5.75 Å². The summed E-state index contributed by atoms with van der Waals surface area (Å²) < 4.78 is 5.39. The molecular weight excluding hydrogens is 416 g/mol. The van der Waals surface area contributed by atoms with E-state index in [2.05, 4.69) is 0 Å². The fourth-order valence-electron chi connectivity index (χ4n) is 4.17. The molecule has 1 heterocycles. The number of hydrogen-bond acceptors (Lipinski definition) is 5. The molecule has 3 aromatic carbocycles. The standard InChI is InChI=1S/C27H26N2O4/c1-17-9-5-7-11-21(17)29-24(18-13-15-19(16-14-18)28(2)3)23(26(31)27(29)32)25(30)20-10-6-8-12-22(20)33-4/h5-16,24,30H,1-4H3/b25-23-. The van der Waals surface area contributed by atoms with Crippen LogP contribution < -0.4 is 14.5 Å². The first kappa shape index (κ1) is 22.1. The Morgan fingerprint density at radius 1 is 0.939 bits per heavy atom. The molecule has 1 fully saturated rings. The van der Waals surface area contributed by atoms with Crippen molar-refractivity contribution in [3.63, 3.8) is 0 Å². The third kappa shape index (κ3) is 3.84. The second-order valence-electron chi connectivity index (χ2n) is 8.14. The largest absolute Gasteiger partial charge is 0.507 e. The highest BCUT2D eigenvalue weighted by Gasteiger charge is 2.47. The Kier molecular flexibility index (Phi) is 5.92. The van der Waals surface area contributed by atoms with Crippen molar-refractivity contribution in [3.05, 3.63) is 95.1 Å². The minimum atomic E-state index is -0.785. The first-order valence-corrected chi connectivity index (χ1v) is 10.6. The Hall–Kier alpha value is -4.06. The molecule has 1 aliphatic rings. The van der Waals surface area contributed by atoms with Crippen molar-refractivity contribution in [2.45, 2.75) is 13.0 Å². The average molecular weight is 443 g/mol. The van der Waals surface area contributed by atoms with E-state index >= 15 is 0 Å². The fourth-order valence-corrected chi connectivity index (χ4v) is 4.17. The topological polar surface area (TPSA) is 70.1 Å². The number of ketones is 1. The number of aliphatic hydroxyl groups excluding tert-OH is 1. The van der Waals surface area contributed by atoms with Gasteiger partial charge in [0.15, 0.2) is 0 Å². The molecule has 6 heteroatoms. The maximum Gasteiger partial charge on any atom is 0.300 e. The van der Waals surface area contributed by atoms with Gasteiger partial charge in [0.1, 0.15) is 11.5 Å². The molecule has 1 unspecified atom stereocenters. The molecule has 0 aromatic heterocycles. The summed E-state index contributed by atoms with van der Waals surface area (Å²) in [5.41, 5.74) is 3.57. The van der Waals surface area contributed by atoms with Crippen molar-refractivity contribution in [1.82, 2.24) is 0 Å². The van der Waals surface area contributed by atoms with Crippen LogP contribution in [0, 0.1) is 6.92 Å². The summed E-state index contributed by atoms with van der Waals surface area (Å²) in [7, 11) is 5.38. The number of benzene rings is 3. The zero-order chi connectivity index (χ0) is 23.7. The molecule has 4 rings (SSSR count). The van der Waals surface area contributed by atoms with E-state index in [9.17, 15) is 14.7 Å². The van der Waals surface area contributed by atoms with Gasteiger partial charge in [0.05, 0.1) is 24.3 Å². The number of ether oxygens (including phenoxy) is 1.